The SMILES string of the molecule is CCOC(=O)CCCCCCC1C(=O)CCC1SCC(C)(O)C(C)(C)CCCC(F)(F)F. The Kier molecular flexibility index (Phi) is 12.1. The maximum absolute atomic E-state index is 12.5. The van der Waals surface area contributed by atoms with Crippen molar-refractivity contribution in [1.82, 2.24) is 0 Å². The van der Waals surface area contributed by atoms with Crippen LogP contribution in [0.4, 0.5) is 13.2 Å². The normalized spacial score (nSPS) is 21.6. The lowest BCUT2D eigenvalue weighted by Crippen LogP contribution is -2.45. The first-order valence-corrected chi connectivity index (χ1v) is 12.9. The molecule has 1 N–H and O–H groups in total. The maximum Gasteiger partial charge on any atom is 0.389 e. The highest BCUT2D eigenvalue weighted by Crippen LogP contribution is 2.43. The van der Waals surface area contributed by atoms with E-state index in [0.717, 1.165) is 38.5 Å². The second-order valence-electron chi connectivity index (χ2n) is 9.85. The number of ketones is 1. The van der Waals surface area contributed by atoms with Crippen molar-refractivity contribution in [2.75, 3.05) is 12.4 Å². The molecule has 0 heterocycles. The summed E-state index contributed by atoms with van der Waals surface area (Å²) in [6.45, 7) is 7.52. The minimum absolute atomic E-state index is 0.00196. The molecular formula is C24H41F3O4S. The molecule has 0 aliphatic heterocycles. The molecule has 0 spiro atoms. The lowest BCUT2D eigenvalue weighted by atomic mass is 9.73. The van der Waals surface area contributed by atoms with Crippen LogP contribution in [0.2, 0.25) is 0 Å². The largest absolute Gasteiger partial charge is 0.466 e. The Morgan fingerprint density at radius 2 is 1.75 bits per heavy atom. The van der Waals surface area contributed by atoms with Gasteiger partial charge in [0, 0.05) is 36.2 Å². The van der Waals surface area contributed by atoms with Crippen molar-refractivity contribution in [2.45, 2.75) is 115 Å². The summed E-state index contributed by atoms with van der Waals surface area (Å²) < 4.78 is 42.3. The minimum Gasteiger partial charge on any atom is -0.466 e. The molecule has 0 aromatic rings. The number of halogens is 3. The van der Waals surface area contributed by atoms with Gasteiger partial charge in [0.05, 0.1) is 12.2 Å². The molecule has 32 heavy (non-hydrogen) atoms. The van der Waals surface area contributed by atoms with Crippen LogP contribution in [0.25, 0.3) is 0 Å². The van der Waals surface area contributed by atoms with Gasteiger partial charge in [0.2, 0.25) is 0 Å². The summed E-state index contributed by atoms with van der Waals surface area (Å²) >= 11 is 1.59. The molecule has 1 aliphatic rings. The molecule has 0 aromatic carbocycles. The molecule has 1 rings (SSSR count). The maximum atomic E-state index is 12.5. The van der Waals surface area contributed by atoms with Gasteiger partial charge in [-0.1, -0.05) is 33.1 Å². The van der Waals surface area contributed by atoms with Gasteiger partial charge in [-0.05, 0) is 51.4 Å². The van der Waals surface area contributed by atoms with Gasteiger partial charge in [-0.3, -0.25) is 9.59 Å². The quantitative estimate of drug-likeness (QED) is 0.214. The van der Waals surface area contributed by atoms with Gasteiger partial charge in [-0.2, -0.15) is 24.9 Å². The number of alkyl halides is 3. The molecule has 1 saturated carbocycles. The van der Waals surface area contributed by atoms with Crippen LogP contribution in [-0.4, -0.2) is 46.2 Å². The Labute approximate surface area is 195 Å². The summed E-state index contributed by atoms with van der Waals surface area (Å²) in [7, 11) is 0. The van der Waals surface area contributed by atoms with Gasteiger partial charge in [0.25, 0.3) is 0 Å². The highest BCUT2D eigenvalue weighted by atomic mass is 32.2. The van der Waals surface area contributed by atoms with Gasteiger partial charge in [0.15, 0.2) is 0 Å². The highest BCUT2D eigenvalue weighted by molar-refractivity contribution is 8.00. The third-order valence-electron chi connectivity index (χ3n) is 6.79. The van der Waals surface area contributed by atoms with Gasteiger partial charge < -0.3 is 9.84 Å². The number of esters is 1. The molecule has 0 radical (unpaired) electrons. The van der Waals surface area contributed by atoms with Gasteiger partial charge in [-0.15, -0.1) is 0 Å². The average molecular weight is 483 g/mol. The molecule has 0 amide bonds. The Hall–Kier alpha value is -0.760. The van der Waals surface area contributed by atoms with E-state index in [1.165, 1.54) is 0 Å². The zero-order valence-electron chi connectivity index (χ0n) is 20.1. The van der Waals surface area contributed by atoms with Crippen molar-refractivity contribution in [3.63, 3.8) is 0 Å². The van der Waals surface area contributed by atoms with Crippen molar-refractivity contribution >= 4 is 23.5 Å². The van der Waals surface area contributed by atoms with Crippen molar-refractivity contribution in [3.05, 3.63) is 0 Å². The fourth-order valence-electron chi connectivity index (χ4n) is 4.11. The van der Waals surface area contributed by atoms with Crippen LogP contribution < -0.4 is 0 Å². The van der Waals surface area contributed by atoms with Crippen LogP contribution in [0.15, 0.2) is 0 Å². The monoisotopic (exact) mass is 482 g/mol. The van der Waals surface area contributed by atoms with E-state index in [2.05, 4.69) is 0 Å². The Bertz CT molecular complexity index is 590. The first-order chi connectivity index (χ1) is 14.8. The number of hydrogen-bond donors (Lipinski definition) is 1. The molecule has 3 atom stereocenters. The van der Waals surface area contributed by atoms with E-state index in [0.29, 0.717) is 31.6 Å². The Morgan fingerprint density at radius 3 is 2.38 bits per heavy atom. The molecule has 3 unspecified atom stereocenters. The van der Waals surface area contributed by atoms with Crippen molar-refractivity contribution in [3.8, 4) is 0 Å². The fourth-order valence-corrected chi connectivity index (χ4v) is 5.84. The number of hydrogen-bond acceptors (Lipinski definition) is 5. The standard InChI is InChI=1S/C24H41F3O4S/c1-5-31-21(29)12-9-7-6-8-11-18-19(28)13-14-20(18)32-17-23(4,30)22(2,3)15-10-16-24(25,26)27/h18,20,30H,5-17H2,1-4H3. The summed E-state index contributed by atoms with van der Waals surface area (Å²) in [4.78, 5) is 23.7. The summed E-state index contributed by atoms with van der Waals surface area (Å²) in [5, 5.41) is 11.2. The zero-order chi connectivity index (χ0) is 24.4. The molecule has 0 aromatic heterocycles. The van der Waals surface area contributed by atoms with Crippen molar-refractivity contribution in [2.24, 2.45) is 11.3 Å². The minimum atomic E-state index is -4.17. The molecular weight excluding hydrogens is 441 g/mol. The zero-order valence-corrected chi connectivity index (χ0v) is 20.9. The number of unbranched alkanes of at least 4 members (excludes halogenated alkanes) is 3. The molecule has 0 saturated heterocycles. The number of ether oxygens (including phenoxy) is 1. The first-order valence-electron chi connectivity index (χ1n) is 11.9. The van der Waals surface area contributed by atoms with Crippen LogP contribution in [0.3, 0.4) is 0 Å². The third-order valence-corrected chi connectivity index (χ3v) is 8.51. The van der Waals surface area contributed by atoms with E-state index in [1.807, 2.05) is 13.8 Å². The number of carbonyl (C=O) groups excluding carboxylic acids is 2. The van der Waals surface area contributed by atoms with Gasteiger partial charge in [0.1, 0.15) is 5.78 Å². The molecule has 1 fully saturated rings. The van der Waals surface area contributed by atoms with Crippen LogP contribution in [0, 0.1) is 11.3 Å². The van der Waals surface area contributed by atoms with E-state index in [1.54, 1.807) is 25.6 Å². The lowest BCUT2D eigenvalue weighted by molar-refractivity contribution is -0.143. The molecule has 1 aliphatic carbocycles. The predicted octanol–water partition coefficient (Wildman–Crippen LogP) is 6.48. The second kappa shape index (κ2) is 13.2. The van der Waals surface area contributed by atoms with E-state index in [9.17, 15) is 27.9 Å². The summed E-state index contributed by atoms with van der Waals surface area (Å²) in [6, 6.07) is 0. The molecule has 4 nitrogen and oxygen atoms in total. The lowest BCUT2D eigenvalue weighted by Gasteiger charge is -2.41. The van der Waals surface area contributed by atoms with Crippen LogP contribution in [0.1, 0.15) is 98.3 Å². The Balaban J connectivity index is 2.42. The number of carbonyl (C=O) groups is 2. The number of thioether (sulfide) groups is 1. The van der Waals surface area contributed by atoms with Gasteiger partial charge in [-0.25, -0.2) is 0 Å². The molecule has 188 valence electrons. The van der Waals surface area contributed by atoms with Crippen LogP contribution in [-0.2, 0) is 14.3 Å². The number of aliphatic hydroxyl groups is 1. The average Bonchev–Trinajstić information content (AvgIpc) is 3.01. The van der Waals surface area contributed by atoms with Crippen LogP contribution in [0.5, 0.6) is 0 Å². The molecule has 8 heteroatoms. The summed E-state index contributed by atoms with van der Waals surface area (Å²) in [6.07, 6.45) is 1.49. The smallest absolute Gasteiger partial charge is 0.389 e. The number of rotatable bonds is 15. The fraction of sp³-hybridized carbons (Fsp3) is 0.917. The molecule has 0 bridgehead atoms. The van der Waals surface area contributed by atoms with Crippen molar-refractivity contribution in [1.29, 1.82) is 0 Å². The van der Waals surface area contributed by atoms with Crippen LogP contribution >= 0.6 is 11.8 Å². The van der Waals surface area contributed by atoms with Crippen molar-refractivity contribution < 1.29 is 32.6 Å². The summed E-state index contributed by atoms with van der Waals surface area (Å²) in [5.74, 6) is 0.496. The highest BCUT2D eigenvalue weighted by Gasteiger charge is 2.42. The summed E-state index contributed by atoms with van der Waals surface area (Å²) in [5.41, 5.74) is -1.77. The second-order valence-corrected chi connectivity index (χ2v) is 11.1. The van der Waals surface area contributed by atoms with E-state index >= 15 is 0 Å². The topological polar surface area (TPSA) is 63.6 Å². The first kappa shape index (κ1) is 29.3. The van der Waals surface area contributed by atoms with E-state index in [-0.39, 0.29) is 29.3 Å². The Morgan fingerprint density at radius 1 is 1.09 bits per heavy atom. The third kappa shape index (κ3) is 10.4. The predicted molar refractivity (Wildman–Crippen MR) is 123 cm³/mol. The number of Topliss-reactive ketones (excluding diaryl/α,β-unsaturated/α-hetero) is 1. The van der Waals surface area contributed by atoms with E-state index in [4.69, 9.17) is 4.74 Å². The van der Waals surface area contributed by atoms with E-state index < -0.39 is 23.6 Å². The van der Waals surface area contributed by atoms with Gasteiger partial charge >= 0.3 is 12.1 Å².